The van der Waals surface area contributed by atoms with Gasteiger partial charge in [-0.2, -0.15) is 0 Å². The minimum absolute atomic E-state index is 0.152. The minimum Gasteiger partial charge on any atom is -0.454 e. The van der Waals surface area contributed by atoms with Gasteiger partial charge < -0.3 is 20.1 Å². The molecule has 0 unspecified atom stereocenters. The normalized spacial score (nSPS) is 13.2. The summed E-state index contributed by atoms with van der Waals surface area (Å²) in [5.74, 6) is 0.867. The van der Waals surface area contributed by atoms with E-state index < -0.39 is 11.0 Å². The van der Waals surface area contributed by atoms with Gasteiger partial charge in [-0.3, -0.25) is 14.9 Å². The highest BCUT2D eigenvalue weighted by atomic mass is 16.7. The topological polar surface area (TPSA) is 103 Å². The summed E-state index contributed by atoms with van der Waals surface area (Å²) in [6, 6.07) is 10.6. The summed E-state index contributed by atoms with van der Waals surface area (Å²) in [6.07, 6.45) is 0. The molecule has 8 nitrogen and oxygen atoms in total. The number of carbonyl (C=O) groups excluding carboxylic acids is 1. The number of nitrogens with one attached hydrogen (secondary N) is 2. The Hall–Kier alpha value is -3.29. The van der Waals surface area contributed by atoms with Crippen LogP contribution in [0.4, 0.5) is 17.1 Å². The third kappa shape index (κ3) is 3.22. The molecule has 8 heteroatoms. The van der Waals surface area contributed by atoms with Crippen LogP contribution in [0.15, 0.2) is 42.5 Å². The zero-order valence-electron chi connectivity index (χ0n) is 12.8. The van der Waals surface area contributed by atoms with Gasteiger partial charge in [-0.05, 0) is 25.1 Å². The van der Waals surface area contributed by atoms with Gasteiger partial charge in [-0.25, -0.2) is 0 Å². The molecule has 1 atom stereocenters. The van der Waals surface area contributed by atoms with Gasteiger partial charge in [0.1, 0.15) is 11.7 Å². The van der Waals surface area contributed by atoms with Gasteiger partial charge in [-0.15, -0.1) is 0 Å². The Morgan fingerprint density at radius 1 is 1.21 bits per heavy atom. The summed E-state index contributed by atoms with van der Waals surface area (Å²) < 4.78 is 10.5. The Kier molecular flexibility index (Phi) is 4.19. The molecule has 2 aromatic rings. The Labute approximate surface area is 137 Å². The van der Waals surface area contributed by atoms with E-state index in [9.17, 15) is 14.9 Å². The number of ether oxygens (including phenoxy) is 2. The number of nitro groups is 1. The maximum absolute atomic E-state index is 12.3. The summed E-state index contributed by atoms with van der Waals surface area (Å²) >= 11 is 0. The zero-order chi connectivity index (χ0) is 17.1. The highest BCUT2D eigenvalue weighted by Crippen LogP contribution is 2.34. The van der Waals surface area contributed by atoms with Crippen molar-refractivity contribution in [2.45, 2.75) is 13.0 Å². The first kappa shape index (κ1) is 15.6. The maximum atomic E-state index is 12.3. The van der Waals surface area contributed by atoms with Crippen molar-refractivity contribution in [3.05, 3.63) is 52.6 Å². The van der Waals surface area contributed by atoms with Crippen LogP contribution in [0, 0.1) is 10.1 Å². The lowest BCUT2D eigenvalue weighted by Gasteiger charge is -2.15. The van der Waals surface area contributed by atoms with Crippen molar-refractivity contribution in [1.29, 1.82) is 0 Å². The van der Waals surface area contributed by atoms with Gasteiger partial charge in [0.2, 0.25) is 12.7 Å². The molecule has 1 heterocycles. The van der Waals surface area contributed by atoms with Gasteiger partial charge in [0.05, 0.1) is 4.92 Å². The number of hydrogen-bond donors (Lipinski definition) is 2. The average Bonchev–Trinajstić information content (AvgIpc) is 3.02. The Morgan fingerprint density at radius 3 is 2.75 bits per heavy atom. The molecule has 0 bridgehead atoms. The van der Waals surface area contributed by atoms with E-state index in [0.29, 0.717) is 17.2 Å². The van der Waals surface area contributed by atoms with Crippen LogP contribution >= 0.6 is 0 Å². The van der Waals surface area contributed by atoms with Crippen LogP contribution in [-0.4, -0.2) is 23.7 Å². The largest absolute Gasteiger partial charge is 0.454 e. The SMILES string of the molecule is C[C@H](Nc1ccc2c(c1)OCO2)C(=O)Nc1ccccc1[N+](=O)[O-]. The molecule has 2 aromatic carbocycles. The lowest BCUT2D eigenvalue weighted by atomic mass is 10.2. The van der Waals surface area contributed by atoms with Crippen LogP contribution in [0.1, 0.15) is 6.92 Å². The number of nitro benzene ring substituents is 1. The second kappa shape index (κ2) is 6.45. The predicted molar refractivity (Wildman–Crippen MR) is 87.4 cm³/mol. The molecule has 1 aliphatic rings. The van der Waals surface area contributed by atoms with E-state index in [1.54, 1.807) is 37.3 Å². The van der Waals surface area contributed by atoms with Gasteiger partial charge in [-0.1, -0.05) is 12.1 Å². The van der Waals surface area contributed by atoms with E-state index in [2.05, 4.69) is 10.6 Å². The molecule has 1 aliphatic heterocycles. The van der Waals surface area contributed by atoms with Crippen molar-refractivity contribution >= 4 is 23.0 Å². The van der Waals surface area contributed by atoms with Crippen molar-refractivity contribution in [3.63, 3.8) is 0 Å². The van der Waals surface area contributed by atoms with Crippen molar-refractivity contribution in [3.8, 4) is 11.5 Å². The monoisotopic (exact) mass is 329 g/mol. The fourth-order valence-electron chi connectivity index (χ4n) is 2.28. The van der Waals surface area contributed by atoms with Crippen LogP contribution < -0.4 is 20.1 Å². The Bertz CT molecular complexity index is 793. The van der Waals surface area contributed by atoms with E-state index in [4.69, 9.17) is 9.47 Å². The highest BCUT2D eigenvalue weighted by molar-refractivity contribution is 5.98. The molecule has 0 saturated heterocycles. The molecule has 0 fully saturated rings. The Morgan fingerprint density at radius 2 is 1.96 bits per heavy atom. The van der Waals surface area contributed by atoms with Crippen molar-refractivity contribution in [1.82, 2.24) is 0 Å². The second-order valence-corrected chi connectivity index (χ2v) is 5.20. The lowest BCUT2D eigenvalue weighted by Crippen LogP contribution is -2.32. The molecule has 24 heavy (non-hydrogen) atoms. The third-order valence-electron chi connectivity index (χ3n) is 3.51. The summed E-state index contributed by atoms with van der Waals surface area (Å²) in [7, 11) is 0. The molecule has 0 radical (unpaired) electrons. The molecule has 3 rings (SSSR count). The zero-order valence-corrected chi connectivity index (χ0v) is 12.8. The number of hydrogen-bond acceptors (Lipinski definition) is 6. The number of nitrogens with zero attached hydrogens (tertiary/aromatic N) is 1. The van der Waals surface area contributed by atoms with Gasteiger partial charge in [0.25, 0.3) is 5.69 Å². The molecular weight excluding hydrogens is 314 g/mol. The molecule has 124 valence electrons. The molecule has 2 N–H and O–H groups in total. The predicted octanol–water partition coefficient (Wildman–Crippen LogP) is 2.76. The first-order valence-electron chi connectivity index (χ1n) is 7.25. The van der Waals surface area contributed by atoms with Crippen LogP contribution in [-0.2, 0) is 4.79 Å². The van der Waals surface area contributed by atoms with Crippen LogP contribution in [0.5, 0.6) is 11.5 Å². The number of anilines is 2. The molecule has 0 aliphatic carbocycles. The van der Waals surface area contributed by atoms with E-state index in [1.165, 1.54) is 12.1 Å². The van der Waals surface area contributed by atoms with E-state index in [1.807, 2.05) is 0 Å². The summed E-state index contributed by atoms with van der Waals surface area (Å²) in [5.41, 5.74) is 0.692. The first-order valence-corrected chi connectivity index (χ1v) is 7.25. The van der Waals surface area contributed by atoms with Crippen molar-refractivity contribution in [2.24, 2.45) is 0 Å². The molecule has 1 amide bonds. The summed E-state index contributed by atoms with van der Waals surface area (Å²) in [6.45, 7) is 1.83. The third-order valence-corrected chi connectivity index (χ3v) is 3.51. The molecule has 0 aromatic heterocycles. The summed E-state index contributed by atoms with van der Waals surface area (Å²) in [5, 5.41) is 16.6. The van der Waals surface area contributed by atoms with Crippen LogP contribution in [0.3, 0.4) is 0 Å². The van der Waals surface area contributed by atoms with E-state index in [-0.39, 0.29) is 24.1 Å². The molecule has 0 saturated carbocycles. The van der Waals surface area contributed by atoms with Crippen molar-refractivity contribution in [2.75, 3.05) is 17.4 Å². The highest BCUT2D eigenvalue weighted by Gasteiger charge is 2.20. The van der Waals surface area contributed by atoms with Crippen LogP contribution in [0.25, 0.3) is 0 Å². The average molecular weight is 329 g/mol. The fraction of sp³-hybridized carbons (Fsp3) is 0.188. The van der Waals surface area contributed by atoms with Crippen molar-refractivity contribution < 1.29 is 19.2 Å². The van der Waals surface area contributed by atoms with Gasteiger partial charge in [0.15, 0.2) is 11.5 Å². The van der Waals surface area contributed by atoms with E-state index in [0.717, 1.165) is 0 Å². The number of benzene rings is 2. The summed E-state index contributed by atoms with van der Waals surface area (Å²) in [4.78, 5) is 22.7. The number of rotatable bonds is 5. The molecule has 0 spiro atoms. The number of amides is 1. The van der Waals surface area contributed by atoms with Gasteiger partial charge >= 0.3 is 0 Å². The maximum Gasteiger partial charge on any atom is 0.292 e. The second-order valence-electron chi connectivity index (χ2n) is 5.20. The lowest BCUT2D eigenvalue weighted by molar-refractivity contribution is -0.383. The molecular formula is C16H15N3O5. The minimum atomic E-state index is -0.606. The smallest absolute Gasteiger partial charge is 0.292 e. The first-order chi connectivity index (χ1) is 11.5. The fourth-order valence-corrected chi connectivity index (χ4v) is 2.28. The standard InChI is InChI=1S/C16H15N3O5/c1-10(17-11-6-7-14-15(8-11)24-9-23-14)16(20)18-12-4-2-3-5-13(12)19(21)22/h2-8,10,17H,9H2,1H3,(H,18,20)/t10-/m0/s1. The quantitative estimate of drug-likeness (QED) is 0.646. The number of fused-ring (bicyclic) bond motifs is 1. The van der Waals surface area contributed by atoms with E-state index >= 15 is 0 Å². The van der Waals surface area contributed by atoms with Gasteiger partial charge in [0, 0.05) is 17.8 Å². The van der Waals surface area contributed by atoms with Crippen LogP contribution in [0.2, 0.25) is 0 Å². The Balaban J connectivity index is 1.68. The number of para-hydroxylation sites is 2. The number of carbonyl (C=O) groups is 1.